The van der Waals surface area contributed by atoms with E-state index in [1.807, 2.05) is 6.07 Å². The van der Waals surface area contributed by atoms with Gasteiger partial charge in [-0.1, -0.05) is 0 Å². The zero-order chi connectivity index (χ0) is 39.6. The predicted octanol–water partition coefficient (Wildman–Crippen LogP) is 8.53. The van der Waals surface area contributed by atoms with Crippen LogP contribution in [0.4, 0.5) is 13.2 Å². The van der Waals surface area contributed by atoms with Crippen molar-refractivity contribution >= 4 is 19.6 Å². The number of hydrogen-bond acceptors (Lipinski definition) is 0. The maximum Gasteiger partial charge on any atom is -1.00 e. The molecule has 1 fully saturated rings. The maximum absolute atomic E-state index is 14.8. The average Bonchev–Trinajstić information content (AvgIpc) is 3.84. The summed E-state index contributed by atoms with van der Waals surface area (Å²) in [4.78, 5) is 0. The minimum absolute atomic E-state index is 0. The Morgan fingerprint density at radius 1 is 0.724 bits per heavy atom. The molecule has 0 aromatic heterocycles. The molecule has 0 spiro atoms. The van der Waals surface area contributed by atoms with Crippen LogP contribution in [0.5, 0.6) is 0 Å². The number of alkyl halides is 3. The molecule has 5 aliphatic carbocycles. The van der Waals surface area contributed by atoms with Crippen LogP contribution in [0.2, 0.25) is 6.75 Å². The molecule has 0 saturated heterocycles. The summed E-state index contributed by atoms with van der Waals surface area (Å²) in [5, 5.41) is 2.23. The number of fused-ring (bicyclic) bond motifs is 7. The first-order valence-electron chi connectivity index (χ1n) is 20.5. The van der Waals surface area contributed by atoms with E-state index in [9.17, 15) is 13.2 Å². The van der Waals surface area contributed by atoms with Gasteiger partial charge in [-0.15, -0.1) is 0 Å². The average molecular weight is 897 g/mol. The maximum atomic E-state index is 14.8. The SMILES string of the molecule is CC12C(=C3Cc4ccccc4C3=C3C=CCCC31)[C](C)([Zr+2](=[C](c1cccc(C(F)(F)F)c1)c1cccc3ccccc13)[CH]1C=CC=C1)C(C)(C)C(C)(C)C2(C)C.[Cl-].[Cl-]. The van der Waals surface area contributed by atoms with E-state index in [4.69, 9.17) is 0 Å². The number of hydrogen-bond donors (Lipinski definition) is 0. The van der Waals surface area contributed by atoms with E-state index >= 15 is 0 Å². The summed E-state index contributed by atoms with van der Waals surface area (Å²) in [6, 6.07) is 30.4. The van der Waals surface area contributed by atoms with Crippen LogP contribution in [0.25, 0.3) is 16.3 Å². The van der Waals surface area contributed by atoms with Gasteiger partial charge in [0.05, 0.1) is 0 Å². The Labute approximate surface area is 363 Å². The third-order valence-corrected chi connectivity index (χ3v) is 26.7. The van der Waals surface area contributed by atoms with Gasteiger partial charge >= 0.3 is 341 Å². The Hall–Kier alpha value is -3.04. The van der Waals surface area contributed by atoms with Gasteiger partial charge in [0.15, 0.2) is 0 Å². The fourth-order valence-electron chi connectivity index (χ4n) is 12.5. The molecule has 0 radical (unpaired) electrons. The summed E-state index contributed by atoms with van der Waals surface area (Å²) in [5.41, 5.74) is 9.29. The molecule has 4 aromatic carbocycles. The van der Waals surface area contributed by atoms with E-state index in [-0.39, 0.29) is 53.2 Å². The van der Waals surface area contributed by atoms with Gasteiger partial charge in [-0.05, 0) is 0 Å². The number of allylic oxidation sites excluding steroid dienone is 10. The molecule has 58 heavy (non-hydrogen) atoms. The summed E-state index contributed by atoms with van der Waals surface area (Å²) in [5.74, 6) is 0.325. The summed E-state index contributed by atoms with van der Waals surface area (Å²) in [7, 11) is 0. The standard InChI is InChI=1S/C29H37.C18H11F3.C5H5.2ClH.Zr/c1-18-25-22-17-19-13-9-10-14-20(19)24(22)21-15-11-12-16-23(21)29(25,8)28(6,7)27(4,5)26(18,2)3;19-18(20,21)16-9-3-5-13(12-16)11-15-8-4-7-14-6-1-2-10-17(14)15;1-2-4-5-3-1;;;/h9-11,13-15,23H,12,16-17H2,1-8H3;1-10,12H;1-5H;2*1H;/q;;;;;+2/p-2. The predicted molar refractivity (Wildman–Crippen MR) is 224 cm³/mol. The van der Waals surface area contributed by atoms with Crippen molar-refractivity contribution in [3.05, 3.63) is 172 Å². The second-order valence-corrected chi connectivity index (χ2v) is 26.3. The van der Waals surface area contributed by atoms with Crippen molar-refractivity contribution in [3.63, 3.8) is 0 Å². The van der Waals surface area contributed by atoms with Crippen molar-refractivity contribution in [3.8, 4) is 0 Å². The molecule has 5 aliphatic rings. The largest absolute Gasteiger partial charge is 1.00 e. The van der Waals surface area contributed by atoms with Crippen LogP contribution in [-0.2, 0) is 33.9 Å². The van der Waals surface area contributed by atoms with Crippen LogP contribution in [0, 0.1) is 27.6 Å². The summed E-state index contributed by atoms with van der Waals surface area (Å²) in [6.07, 6.45) is 12.6. The monoisotopic (exact) mass is 894 g/mol. The topological polar surface area (TPSA) is 0 Å². The van der Waals surface area contributed by atoms with Gasteiger partial charge in [-0.3, -0.25) is 0 Å². The van der Waals surface area contributed by atoms with Crippen LogP contribution in [0.1, 0.15) is 96.0 Å². The van der Waals surface area contributed by atoms with E-state index in [1.54, 1.807) is 11.6 Å². The summed E-state index contributed by atoms with van der Waals surface area (Å²) in [6.45, 7) is 20.5. The Kier molecular flexibility index (Phi) is 10.8. The molecule has 0 aliphatic heterocycles. The second kappa shape index (κ2) is 14.6. The molecule has 0 nitrogen and oxygen atoms in total. The number of rotatable bonds is 4. The van der Waals surface area contributed by atoms with E-state index in [2.05, 4.69) is 159 Å². The third-order valence-electron chi connectivity index (χ3n) is 16.7. The molecule has 0 amide bonds. The summed E-state index contributed by atoms with van der Waals surface area (Å²) >= 11 is -3.53. The quantitative estimate of drug-likeness (QED) is 0.193. The first-order valence-corrected chi connectivity index (χ1v) is 24.3. The van der Waals surface area contributed by atoms with Gasteiger partial charge in [0, 0.05) is 0 Å². The van der Waals surface area contributed by atoms with Crippen molar-refractivity contribution in [2.75, 3.05) is 0 Å². The molecule has 3 atom stereocenters. The normalized spacial score (nSPS) is 26.3. The van der Waals surface area contributed by atoms with Crippen LogP contribution in [0.3, 0.4) is 0 Å². The second-order valence-electron chi connectivity index (χ2n) is 18.9. The molecule has 0 bridgehead atoms. The molecular formula is C52H53Cl2F3Zr. The number of benzene rings is 4. The van der Waals surface area contributed by atoms with Gasteiger partial charge in [-0.25, -0.2) is 0 Å². The molecule has 1 saturated carbocycles. The Morgan fingerprint density at radius 2 is 1.38 bits per heavy atom. The van der Waals surface area contributed by atoms with Crippen LogP contribution < -0.4 is 24.8 Å². The van der Waals surface area contributed by atoms with Gasteiger partial charge in [0.25, 0.3) is 0 Å². The van der Waals surface area contributed by atoms with Crippen LogP contribution in [-0.4, -0.2) is 3.21 Å². The molecular weight excluding hydrogens is 844 g/mol. The minimum Gasteiger partial charge on any atom is -1.00 e. The molecule has 9 rings (SSSR count). The van der Waals surface area contributed by atoms with E-state index in [0.717, 1.165) is 41.2 Å². The first-order chi connectivity index (χ1) is 26.5. The molecule has 6 heteroatoms. The smallest absolute Gasteiger partial charge is 1.00 e. The Morgan fingerprint density at radius 3 is 2.10 bits per heavy atom. The minimum atomic E-state index is -4.46. The fourth-order valence-corrected chi connectivity index (χ4v) is 24.2. The van der Waals surface area contributed by atoms with E-state index < -0.39 is 33.0 Å². The molecule has 300 valence electrons. The molecule has 4 aromatic rings. The van der Waals surface area contributed by atoms with E-state index in [1.165, 1.54) is 43.2 Å². The van der Waals surface area contributed by atoms with Crippen molar-refractivity contribution in [2.45, 2.75) is 87.6 Å². The van der Waals surface area contributed by atoms with Crippen molar-refractivity contribution in [1.29, 1.82) is 0 Å². The zero-order valence-electron chi connectivity index (χ0n) is 34.8. The zero-order valence-corrected chi connectivity index (χ0v) is 38.8. The van der Waals surface area contributed by atoms with Gasteiger partial charge in [-0.2, -0.15) is 0 Å². The van der Waals surface area contributed by atoms with Crippen LogP contribution >= 0.6 is 0 Å². The Bertz CT molecular complexity index is 2510. The summed E-state index contributed by atoms with van der Waals surface area (Å²) < 4.78 is 45.4. The van der Waals surface area contributed by atoms with Gasteiger partial charge < -0.3 is 24.8 Å². The molecule has 0 heterocycles. The van der Waals surface area contributed by atoms with Gasteiger partial charge in [0.1, 0.15) is 0 Å². The number of halogens is 5. The first kappa shape index (κ1) is 43.1. The van der Waals surface area contributed by atoms with Crippen LogP contribution in [0.15, 0.2) is 144 Å². The van der Waals surface area contributed by atoms with Crippen molar-refractivity contribution in [1.82, 2.24) is 0 Å². The molecule has 3 unspecified atom stereocenters. The van der Waals surface area contributed by atoms with Gasteiger partial charge in [0.2, 0.25) is 0 Å². The van der Waals surface area contributed by atoms with Crippen molar-refractivity contribution in [2.24, 2.45) is 27.6 Å². The third kappa shape index (κ3) is 5.66. The van der Waals surface area contributed by atoms with E-state index in [0.29, 0.717) is 5.92 Å². The fraction of sp³-hybridized carbons (Fsp3) is 0.365. The van der Waals surface area contributed by atoms with Crippen molar-refractivity contribution < 1.29 is 59.3 Å². The Balaban J connectivity index is 0.00000256. The molecule has 0 N–H and O–H groups in total.